The zero-order valence-electron chi connectivity index (χ0n) is 16.6. The van der Waals surface area contributed by atoms with Crippen LogP contribution in [-0.2, 0) is 0 Å². The standard InChI is InChI=1S/C22H29NO3/c1-7-20(16-8-10-17(25-5)11-9-16)23-22(24)19-13-18(14(2)3)21(26-6)12-15(19)4/h8-14,20H,7H2,1-6H3,(H,23,24). The molecule has 0 spiro atoms. The number of aryl methyl sites for hydroxylation is 1. The van der Waals surface area contributed by atoms with Gasteiger partial charge >= 0.3 is 0 Å². The van der Waals surface area contributed by atoms with Gasteiger partial charge in [0.25, 0.3) is 5.91 Å². The molecule has 0 heterocycles. The first-order valence-corrected chi connectivity index (χ1v) is 9.04. The quantitative estimate of drug-likeness (QED) is 0.759. The molecule has 0 aliphatic carbocycles. The van der Waals surface area contributed by atoms with Crippen molar-refractivity contribution in [2.24, 2.45) is 0 Å². The summed E-state index contributed by atoms with van der Waals surface area (Å²) in [4.78, 5) is 12.9. The molecule has 0 aliphatic heterocycles. The van der Waals surface area contributed by atoms with E-state index in [1.165, 1.54) is 0 Å². The predicted octanol–water partition coefficient (Wildman–Crippen LogP) is 5.02. The van der Waals surface area contributed by atoms with Crippen molar-refractivity contribution in [3.8, 4) is 11.5 Å². The average Bonchev–Trinajstić information content (AvgIpc) is 2.65. The van der Waals surface area contributed by atoms with E-state index >= 15 is 0 Å². The minimum atomic E-state index is -0.0604. The molecule has 2 aromatic carbocycles. The summed E-state index contributed by atoms with van der Waals surface area (Å²) >= 11 is 0. The van der Waals surface area contributed by atoms with Gasteiger partial charge in [-0.05, 0) is 60.2 Å². The third-order valence-corrected chi connectivity index (χ3v) is 4.68. The minimum Gasteiger partial charge on any atom is -0.497 e. The minimum absolute atomic E-state index is 0.0441. The second-order valence-electron chi connectivity index (χ2n) is 6.77. The number of ether oxygens (including phenoxy) is 2. The number of nitrogens with one attached hydrogen (secondary N) is 1. The van der Waals surface area contributed by atoms with Crippen LogP contribution < -0.4 is 14.8 Å². The van der Waals surface area contributed by atoms with E-state index < -0.39 is 0 Å². The topological polar surface area (TPSA) is 47.6 Å². The van der Waals surface area contributed by atoms with Gasteiger partial charge in [-0.15, -0.1) is 0 Å². The van der Waals surface area contributed by atoms with Crippen LogP contribution in [0.15, 0.2) is 36.4 Å². The van der Waals surface area contributed by atoms with Crippen LogP contribution in [0, 0.1) is 6.92 Å². The first kappa shape index (κ1) is 19.8. The smallest absolute Gasteiger partial charge is 0.252 e. The maximum absolute atomic E-state index is 12.9. The zero-order chi connectivity index (χ0) is 19.3. The normalized spacial score (nSPS) is 12.0. The fourth-order valence-electron chi connectivity index (χ4n) is 3.06. The molecule has 4 nitrogen and oxygen atoms in total. The van der Waals surface area contributed by atoms with Gasteiger partial charge in [0.15, 0.2) is 0 Å². The van der Waals surface area contributed by atoms with Crippen molar-refractivity contribution in [3.05, 3.63) is 58.7 Å². The van der Waals surface area contributed by atoms with E-state index in [9.17, 15) is 4.79 Å². The van der Waals surface area contributed by atoms with Crippen LogP contribution in [-0.4, -0.2) is 20.1 Å². The fraction of sp³-hybridized carbons (Fsp3) is 0.409. The Bertz CT molecular complexity index is 751. The lowest BCUT2D eigenvalue weighted by atomic mass is 9.95. The Hall–Kier alpha value is -2.49. The van der Waals surface area contributed by atoms with Crippen LogP contribution >= 0.6 is 0 Å². The molecule has 140 valence electrons. The average molecular weight is 355 g/mol. The van der Waals surface area contributed by atoms with Gasteiger partial charge in [-0.1, -0.05) is 32.9 Å². The number of hydrogen-bond donors (Lipinski definition) is 1. The number of carbonyl (C=O) groups is 1. The Balaban J connectivity index is 2.28. The van der Waals surface area contributed by atoms with Crippen molar-refractivity contribution in [2.75, 3.05) is 14.2 Å². The third-order valence-electron chi connectivity index (χ3n) is 4.68. The number of amides is 1. The Kier molecular flexibility index (Phi) is 6.67. The van der Waals surface area contributed by atoms with Gasteiger partial charge in [-0.3, -0.25) is 4.79 Å². The lowest BCUT2D eigenvalue weighted by molar-refractivity contribution is 0.0935. The summed E-state index contributed by atoms with van der Waals surface area (Å²) in [6.45, 7) is 8.20. The largest absolute Gasteiger partial charge is 0.497 e. The highest BCUT2D eigenvalue weighted by atomic mass is 16.5. The molecule has 2 aromatic rings. The Morgan fingerprint density at radius 1 is 1.08 bits per heavy atom. The van der Waals surface area contributed by atoms with Gasteiger partial charge in [-0.2, -0.15) is 0 Å². The summed E-state index contributed by atoms with van der Waals surface area (Å²) < 4.78 is 10.7. The van der Waals surface area contributed by atoms with Crippen LogP contribution in [0.1, 0.15) is 66.2 Å². The van der Waals surface area contributed by atoms with E-state index in [-0.39, 0.29) is 17.9 Å². The van der Waals surface area contributed by atoms with Crippen molar-refractivity contribution >= 4 is 5.91 Å². The van der Waals surface area contributed by atoms with Gasteiger partial charge in [0.1, 0.15) is 11.5 Å². The summed E-state index contributed by atoms with van der Waals surface area (Å²) in [5.74, 6) is 1.86. The SMILES string of the molecule is CCC(NC(=O)c1cc(C(C)C)c(OC)cc1C)c1ccc(OC)cc1. The number of hydrogen-bond acceptors (Lipinski definition) is 3. The molecule has 1 amide bonds. The molecule has 26 heavy (non-hydrogen) atoms. The van der Waals surface area contributed by atoms with E-state index in [0.29, 0.717) is 5.56 Å². The molecular formula is C22H29NO3. The van der Waals surface area contributed by atoms with Crippen LogP contribution in [0.5, 0.6) is 11.5 Å². The zero-order valence-corrected chi connectivity index (χ0v) is 16.6. The maximum atomic E-state index is 12.9. The second-order valence-corrected chi connectivity index (χ2v) is 6.77. The van der Waals surface area contributed by atoms with E-state index in [0.717, 1.165) is 34.6 Å². The summed E-state index contributed by atoms with van der Waals surface area (Å²) in [7, 11) is 3.31. The molecule has 2 rings (SSSR count). The summed E-state index contributed by atoms with van der Waals surface area (Å²) in [6, 6.07) is 11.7. The van der Waals surface area contributed by atoms with Crippen molar-refractivity contribution in [1.29, 1.82) is 0 Å². The monoisotopic (exact) mass is 355 g/mol. The van der Waals surface area contributed by atoms with Crippen molar-refractivity contribution in [3.63, 3.8) is 0 Å². The molecule has 0 saturated heterocycles. The molecule has 0 saturated carbocycles. The summed E-state index contributed by atoms with van der Waals surface area (Å²) in [6.07, 6.45) is 0.810. The first-order chi connectivity index (χ1) is 12.4. The summed E-state index contributed by atoms with van der Waals surface area (Å²) in [5, 5.41) is 3.16. The lowest BCUT2D eigenvalue weighted by Gasteiger charge is -2.20. The summed E-state index contributed by atoms with van der Waals surface area (Å²) in [5.41, 5.74) is 3.72. The van der Waals surface area contributed by atoms with Gasteiger partial charge in [0, 0.05) is 5.56 Å². The maximum Gasteiger partial charge on any atom is 0.252 e. The molecule has 0 bridgehead atoms. The number of rotatable bonds is 7. The van der Waals surface area contributed by atoms with Crippen molar-refractivity contribution in [2.45, 2.75) is 46.1 Å². The highest BCUT2D eigenvalue weighted by molar-refractivity contribution is 5.96. The Morgan fingerprint density at radius 3 is 2.23 bits per heavy atom. The van der Waals surface area contributed by atoms with Gasteiger partial charge in [0.2, 0.25) is 0 Å². The van der Waals surface area contributed by atoms with Crippen LogP contribution in [0.25, 0.3) is 0 Å². The molecule has 1 atom stereocenters. The predicted molar refractivity (Wildman–Crippen MR) is 105 cm³/mol. The molecule has 0 aliphatic rings. The molecule has 0 aromatic heterocycles. The molecule has 0 radical (unpaired) electrons. The van der Waals surface area contributed by atoms with E-state index in [2.05, 4.69) is 26.1 Å². The van der Waals surface area contributed by atoms with Gasteiger partial charge < -0.3 is 14.8 Å². The van der Waals surface area contributed by atoms with E-state index in [1.807, 2.05) is 43.3 Å². The molecule has 1 unspecified atom stereocenters. The van der Waals surface area contributed by atoms with E-state index in [4.69, 9.17) is 9.47 Å². The molecule has 0 fully saturated rings. The van der Waals surface area contributed by atoms with Crippen molar-refractivity contribution < 1.29 is 14.3 Å². The lowest BCUT2D eigenvalue weighted by Crippen LogP contribution is -2.29. The number of benzene rings is 2. The van der Waals surface area contributed by atoms with Crippen molar-refractivity contribution in [1.82, 2.24) is 5.32 Å². The second kappa shape index (κ2) is 8.75. The number of carbonyl (C=O) groups excluding carboxylic acids is 1. The number of methoxy groups -OCH3 is 2. The van der Waals surface area contributed by atoms with Crippen LogP contribution in [0.2, 0.25) is 0 Å². The highest BCUT2D eigenvalue weighted by Crippen LogP contribution is 2.30. The Morgan fingerprint density at radius 2 is 1.73 bits per heavy atom. The Labute approximate surface area is 156 Å². The van der Waals surface area contributed by atoms with Crippen LogP contribution in [0.3, 0.4) is 0 Å². The fourth-order valence-corrected chi connectivity index (χ4v) is 3.06. The molecule has 4 heteroatoms. The van der Waals surface area contributed by atoms with Gasteiger partial charge in [-0.25, -0.2) is 0 Å². The van der Waals surface area contributed by atoms with Crippen LogP contribution in [0.4, 0.5) is 0 Å². The first-order valence-electron chi connectivity index (χ1n) is 9.04. The molecular weight excluding hydrogens is 326 g/mol. The highest BCUT2D eigenvalue weighted by Gasteiger charge is 2.19. The van der Waals surface area contributed by atoms with Gasteiger partial charge in [0.05, 0.1) is 20.3 Å². The molecule has 1 N–H and O–H groups in total. The van der Waals surface area contributed by atoms with E-state index in [1.54, 1.807) is 14.2 Å². The third kappa shape index (κ3) is 4.37.